The van der Waals surface area contributed by atoms with Gasteiger partial charge in [0.05, 0.1) is 5.71 Å². The van der Waals surface area contributed by atoms with Gasteiger partial charge in [0, 0.05) is 4.47 Å². The number of urea groups is 1. The fourth-order valence-corrected chi connectivity index (χ4v) is 1.16. The van der Waals surface area contributed by atoms with Gasteiger partial charge in [0.1, 0.15) is 0 Å². The maximum atomic E-state index is 10.4. The van der Waals surface area contributed by atoms with Crippen LogP contribution in [0.15, 0.2) is 33.8 Å². The normalized spacial score (nSPS) is 11.1. The summed E-state index contributed by atoms with van der Waals surface area (Å²) in [6.45, 7) is 1.79. The van der Waals surface area contributed by atoms with Crippen molar-refractivity contribution < 1.29 is 4.79 Å². The zero-order valence-corrected chi connectivity index (χ0v) is 9.21. The van der Waals surface area contributed by atoms with Crippen LogP contribution in [0.4, 0.5) is 4.79 Å². The zero-order valence-electron chi connectivity index (χ0n) is 7.62. The number of hydrogen-bond acceptors (Lipinski definition) is 2. The Balaban J connectivity index is 2.78. The number of rotatable bonds is 2. The van der Waals surface area contributed by atoms with Gasteiger partial charge >= 0.3 is 6.03 Å². The number of hydrazone groups is 1. The largest absolute Gasteiger partial charge is 0.350 e. The van der Waals surface area contributed by atoms with Crippen molar-refractivity contribution in [2.45, 2.75) is 6.92 Å². The fourth-order valence-electron chi connectivity index (χ4n) is 0.895. The van der Waals surface area contributed by atoms with E-state index in [1.807, 2.05) is 24.3 Å². The summed E-state index contributed by atoms with van der Waals surface area (Å²) in [5, 5.41) is 3.80. The van der Waals surface area contributed by atoms with Crippen molar-refractivity contribution in [1.29, 1.82) is 0 Å². The number of hydrogen-bond donors (Lipinski definition) is 2. The van der Waals surface area contributed by atoms with Crippen molar-refractivity contribution in [3.63, 3.8) is 0 Å². The van der Waals surface area contributed by atoms with Gasteiger partial charge < -0.3 is 5.73 Å². The number of nitrogens with zero attached hydrogens (tertiary/aromatic N) is 1. The topological polar surface area (TPSA) is 67.5 Å². The molecule has 2 amide bonds. The van der Waals surface area contributed by atoms with E-state index in [1.54, 1.807) is 6.92 Å². The van der Waals surface area contributed by atoms with Gasteiger partial charge in [-0.1, -0.05) is 28.1 Å². The molecule has 1 aromatic carbocycles. The summed E-state index contributed by atoms with van der Waals surface area (Å²) in [7, 11) is 0. The Hall–Kier alpha value is -1.36. The molecule has 0 bridgehead atoms. The number of amides is 2. The molecule has 0 aliphatic heterocycles. The van der Waals surface area contributed by atoms with Gasteiger partial charge in [-0.3, -0.25) is 0 Å². The average molecular weight is 256 g/mol. The number of halogens is 1. The molecule has 0 saturated carbocycles. The maximum absolute atomic E-state index is 10.4. The van der Waals surface area contributed by atoms with Crippen LogP contribution in [-0.4, -0.2) is 11.7 Å². The Labute approximate surface area is 90.3 Å². The second kappa shape index (κ2) is 4.76. The summed E-state index contributed by atoms with van der Waals surface area (Å²) in [4.78, 5) is 10.4. The molecular weight excluding hydrogens is 246 g/mol. The van der Waals surface area contributed by atoms with Crippen LogP contribution in [0.1, 0.15) is 12.5 Å². The average Bonchev–Trinajstić information content (AvgIpc) is 2.15. The molecule has 14 heavy (non-hydrogen) atoms. The highest BCUT2D eigenvalue weighted by atomic mass is 79.9. The molecule has 0 atom stereocenters. The van der Waals surface area contributed by atoms with E-state index in [1.165, 1.54) is 0 Å². The summed E-state index contributed by atoms with van der Waals surface area (Å²) >= 11 is 3.33. The maximum Gasteiger partial charge on any atom is 0.332 e. The summed E-state index contributed by atoms with van der Waals surface area (Å²) in [5.74, 6) is 0. The molecule has 0 aliphatic rings. The van der Waals surface area contributed by atoms with Crippen LogP contribution in [0, 0.1) is 0 Å². The first-order valence-electron chi connectivity index (χ1n) is 3.95. The molecule has 0 aromatic heterocycles. The van der Waals surface area contributed by atoms with Gasteiger partial charge in [-0.15, -0.1) is 0 Å². The molecule has 3 N–H and O–H groups in total. The summed E-state index contributed by atoms with van der Waals surface area (Å²) < 4.78 is 0.997. The SMILES string of the molecule is C/C(=N\NC(N)=O)c1ccc(Br)cc1. The second-order valence-electron chi connectivity index (χ2n) is 2.68. The fraction of sp³-hybridized carbons (Fsp3) is 0.111. The van der Waals surface area contributed by atoms with Gasteiger partial charge in [0.25, 0.3) is 0 Å². The summed E-state index contributed by atoms with van der Waals surface area (Å²) in [5.41, 5.74) is 8.69. The third kappa shape index (κ3) is 3.18. The van der Waals surface area contributed by atoms with E-state index in [9.17, 15) is 4.79 Å². The monoisotopic (exact) mass is 255 g/mol. The van der Waals surface area contributed by atoms with Crippen LogP contribution in [0.3, 0.4) is 0 Å². The first-order valence-corrected chi connectivity index (χ1v) is 4.74. The molecule has 0 heterocycles. The molecular formula is C9H10BrN3O. The molecule has 0 unspecified atom stereocenters. The number of nitrogens with two attached hydrogens (primary N) is 1. The van der Waals surface area contributed by atoms with Gasteiger partial charge in [-0.25, -0.2) is 10.2 Å². The number of carbonyl (C=O) groups excluding carboxylic acids is 1. The van der Waals surface area contributed by atoms with Crippen LogP contribution >= 0.6 is 15.9 Å². The van der Waals surface area contributed by atoms with E-state index in [-0.39, 0.29) is 0 Å². The minimum atomic E-state index is -0.665. The molecule has 1 rings (SSSR count). The van der Waals surface area contributed by atoms with Crippen LogP contribution in [0.5, 0.6) is 0 Å². The second-order valence-corrected chi connectivity index (χ2v) is 3.60. The van der Waals surface area contributed by atoms with Crippen LogP contribution in [0.25, 0.3) is 0 Å². The Morgan fingerprint density at radius 3 is 2.50 bits per heavy atom. The van der Waals surface area contributed by atoms with Crippen molar-refractivity contribution in [1.82, 2.24) is 5.43 Å². The molecule has 0 aliphatic carbocycles. The van der Waals surface area contributed by atoms with E-state index in [0.717, 1.165) is 10.0 Å². The Morgan fingerprint density at radius 2 is 2.00 bits per heavy atom. The molecule has 1 aromatic rings. The lowest BCUT2D eigenvalue weighted by Gasteiger charge is -2.00. The highest BCUT2D eigenvalue weighted by molar-refractivity contribution is 9.10. The zero-order chi connectivity index (χ0) is 10.6. The smallest absolute Gasteiger partial charge is 0.332 e. The third-order valence-corrected chi connectivity index (χ3v) is 2.12. The van der Waals surface area contributed by atoms with Crippen molar-refractivity contribution in [2.24, 2.45) is 10.8 Å². The number of nitrogens with one attached hydrogen (secondary N) is 1. The third-order valence-electron chi connectivity index (χ3n) is 1.60. The standard InChI is InChI=1S/C9H10BrN3O/c1-6(12-13-9(11)14)7-2-4-8(10)5-3-7/h2-5H,1H3,(H3,11,13,14)/b12-6+. The van der Waals surface area contributed by atoms with E-state index in [4.69, 9.17) is 5.73 Å². The lowest BCUT2D eigenvalue weighted by Crippen LogP contribution is -2.25. The van der Waals surface area contributed by atoms with Crippen LogP contribution in [0.2, 0.25) is 0 Å². The minimum Gasteiger partial charge on any atom is -0.350 e. The first-order chi connectivity index (χ1) is 6.59. The van der Waals surface area contributed by atoms with Crippen molar-refractivity contribution in [3.05, 3.63) is 34.3 Å². The molecule has 0 spiro atoms. The van der Waals surface area contributed by atoms with E-state index < -0.39 is 6.03 Å². The van der Waals surface area contributed by atoms with Gasteiger partial charge in [0.15, 0.2) is 0 Å². The van der Waals surface area contributed by atoms with E-state index >= 15 is 0 Å². The molecule has 0 saturated heterocycles. The van der Waals surface area contributed by atoms with Crippen molar-refractivity contribution in [3.8, 4) is 0 Å². The Kier molecular flexibility index (Phi) is 3.64. The first kappa shape index (κ1) is 10.7. The number of primary amides is 1. The van der Waals surface area contributed by atoms with Crippen LogP contribution in [-0.2, 0) is 0 Å². The highest BCUT2D eigenvalue weighted by Crippen LogP contribution is 2.10. The molecule has 4 nitrogen and oxygen atoms in total. The lowest BCUT2D eigenvalue weighted by atomic mass is 10.1. The predicted octanol–water partition coefficient (Wildman–Crippen LogP) is 1.84. The van der Waals surface area contributed by atoms with Crippen molar-refractivity contribution in [2.75, 3.05) is 0 Å². The highest BCUT2D eigenvalue weighted by Gasteiger charge is 1.97. The van der Waals surface area contributed by atoms with Crippen molar-refractivity contribution >= 4 is 27.7 Å². The van der Waals surface area contributed by atoms with Gasteiger partial charge in [-0.2, -0.15) is 5.10 Å². The number of benzene rings is 1. The molecule has 0 fully saturated rings. The van der Waals surface area contributed by atoms with Gasteiger partial charge in [-0.05, 0) is 24.6 Å². The molecule has 5 heteroatoms. The molecule has 0 radical (unpaired) electrons. The Bertz CT molecular complexity index is 359. The predicted molar refractivity (Wildman–Crippen MR) is 59.1 cm³/mol. The summed E-state index contributed by atoms with van der Waals surface area (Å²) in [6.07, 6.45) is 0. The Morgan fingerprint density at radius 1 is 1.43 bits per heavy atom. The number of carbonyl (C=O) groups is 1. The lowest BCUT2D eigenvalue weighted by molar-refractivity contribution is 0.249. The minimum absolute atomic E-state index is 0.665. The van der Waals surface area contributed by atoms with E-state index in [2.05, 4.69) is 26.5 Å². The van der Waals surface area contributed by atoms with Crippen LogP contribution < -0.4 is 11.2 Å². The van der Waals surface area contributed by atoms with Gasteiger partial charge in [0.2, 0.25) is 0 Å². The summed E-state index contributed by atoms with van der Waals surface area (Å²) in [6, 6.07) is 6.93. The molecule has 74 valence electrons. The quantitative estimate of drug-likeness (QED) is 0.615. The van der Waals surface area contributed by atoms with E-state index in [0.29, 0.717) is 5.71 Å².